The highest BCUT2D eigenvalue weighted by molar-refractivity contribution is 5.85. The van der Waals surface area contributed by atoms with Crippen LogP contribution in [-0.4, -0.2) is 62.9 Å². The number of nitrogens with zero attached hydrogens (tertiary/aromatic N) is 1. The number of esters is 4. The second-order valence-electron chi connectivity index (χ2n) is 4.86. The largest absolute Gasteiger partial charge is 0.469 e. The van der Waals surface area contributed by atoms with Crippen molar-refractivity contribution in [2.45, 2.75) is 24.9 Å². The smallest absolute Gasteiger partial charge is 0.329 e. The molecule has 0 aromatic carbocycles. The molecule has 0 aliphatic carbocycles. The molecule has 1 aromatic rings. The van der Waals surface area contributed by atoms with Crippen LogP contribution in [-0.2, 0) is 38.1 Å². The number of methoxy groups -OCH3 is 4. The molecular weight excluding hydrogens is 384 g/mol. The molecule has 0 spiro atoms. The molecule has 0 aliphatic heterocycles. The third-order valence-corrected chi connectivity index (χ3v) is 3.17. The third kappa shape index (κ3) is 10.2. The van der Waals surface area contributed by atoms with E-state index in [-0.39, 0.29) is 25.2 Å². The van der Waals surface area contributed by atoms with Crippen molar-refractivity contribution in [3.8, 4) is 0 Å². The van der Waals surface area contributed by atoms with Crippen LogP contribution in [0.4, 0.5) is 0 Å². The summed E-state index contributed by atoms with van der Waals surface area (Å²) in [5.74, 6) is -2.05. The van der Waals surface area contributed by atoms with E-state index in [9.17, 15) is 19.2 Å². The average molecular weight is 409 g/mol. The maximum atomic E-state index is 11.4. The monoisotopic (exact) mass is 408 g/mol. The van der Waals surface area contributed by atoms with E-state index in [0.29, 0.717) is 0 Å². The summed E-state index contributed by atoms with van der Waals surface area (Å²) in [6.45, 7) is 0. The Hall–Kier alpha value is -2.59. The Morgan fingerprint density at radius 2 is 1.26 bits per heavy atom. The maximum absolute atomic E-state index is 11.4. The van der Waals surface area contributed by atoms with E-state index in [1.165, 1.54) is 28.4 Å². The molecule has 0 unspecified atom stereocenters. The first-order chi connectivity index (χ1) is 12.3. The highest BCUT2D eigenvalue weighted by Crippen LogP contribution is 2.14. The normalized spacial score (nSPS) is 11.4. The quantitative estimate of drug-likeness (QED) is 0.496. The van der Waals surface area contributed by atoms with Crippen LogP contribution in [0, 0.1) is 0 Å². The van der Waals surface area contributed by atoms with Gasteiger partial charge >= 0.3 is 23.9 Å². The van der Waals surface area contributed by atoms with Gasteiger partial charge in [-0.15, -0.1) is 12.4 Å². The van der Waals surface area contributed by atoms with Gasteiger partial charge in [0.2, 0.25) is 0 Å². The molecule has 2 N–H and O–H groups in total. The molecule has 11 heteroatoms. The van der Waals surface area contributed by atoms with Crippen molar-refractivity contribution in [3.63, 3.8) is 0 Å². The van der Waals surface area contributed by atoms with Crippen LogP contribution in [0.15, 0.2) is 24.5 Å². The number of hydrogen-bond acceptors (Lipinski definition) is 9. The molecule has 0 saturated carbocycles. The average Bonchev–Trinajstić information content (AvgIpc) is 3.19. The van der Waals surface area contributed by atoms with Crippen LogP contribution in [0.5, 0.6) is 0 Å². The number of carbonyl (C=O) groups is 4. The molecule has 10 nitrogen and oxygen atoms in total. The molecule has 1 aromatic heterocycles. The molecule has 27 heavy (non-hydrogen) atoms. The van der Waals surface area contributed by atoms with Crippen molar-refractivity contribution in [3.05, 3.63) is 24.5 Å². The minimum absolute atomic E-state index is 0. The Kier molecular flexibility index (Phi) is 14.4. The molecule has 0 aliphatic rings. The zero-order chi connectivity index (χ0) is 20.1. The van der Waals surface area contributed by atoms with Crippen LogP contribution in [0.1, 0.15) is 18.9 Å². The van der Waals surface area contributed by atoms with Crippen molar-refractivity contribution in [1.82, 2.24) is 4.57 Å². The van der Waals surface area contributed by atoms with Gasteiger partial charge in [0.25, 0.3) is 0 Å². The van der Waals surface area contributed by atoms with E-state index in [0.717, 1.165) is 0 Å². The second-order valence-corrected chi connectivity index (χ2v) is 4.86. The maximum Gasteiger partial charge on any atom is 0.329 e. The van der Waals surface area contributed by atoms with Gasteiger partial charge in [-0.1, -0.05) is 0 Å². The summed E-state index contributed by atoms with van der Waals surface area (Å²) in [7, 11) is 5.01. The Morgan fingerprint density at radius 1 is 0.815 bits per heavy atom. The van der Waals surface area contributed by atoms with Crippen molar-refractivity contribution in [1.29, 1.82) is 0 Å². The van der Waals surface area contributed by atoms with Crippen LogP contribution < -0.4 is 5.73 Å². The Balaban J connectivity index is 0. The van der Waals surface area contributed by atoms with E-state index >= 15 is 0 Å². The summed E-state index contributed by atoms with van der Waals surface area (Å²) in [6, 6.07) is 1.96. The first-order valence-electron chi connectivity index (χ1n) is 7.47. The van der Waals surface area contributed by atoms with Gasteiger partial charge in [0.05, 0.1) is 41.3 Å². The predicted octanol–water partition coefficient (Wildman–Crippen LogP) is 0.237. The number of ether oxygens (including phenoxy) is 4. The molecular formula is C16H25ClN2O8. The van der Waals surface area contributed by atoms with Gasteiger partial charge in [0, 0.05) is 12.4 Å². The summed E-state index contributed by atoms with van der Waals surface area (Å²) in [4.78, 5) is 43.6. The molecule has 0 radical (unpaired) electrons. The zero-order valence-electron chi connectivity index (χ0n) is 15.6. The topological polar surface area (TPSA) is 136 Å². The summed E-state index contributed by atoms with van der Waals surface area (Å²) >= 11 is 0. The molecule has 1 rings (SSSR count). The Labute approximate surface area is 163 Å². The van der Waals surface area contributed by atoms with Crippen LogP contribution in [0.2, 0.25) is 0 Å². The fourth-order valence-corrected chi connectivity index (χ4v) is 1.74. The van der Waals surface area contributed by atoms with Gasteiger partial charge < -0.3 is 29.2 Å². The number of nitrogens with two attached hydrogens (primary N) is 1. The number of rotatable bonds is 7. The van der Waals surface area contributed by atoms with E-state index in [1.807, 2.05) is 0 Å². The van der Waals surface area contributed by atoms with E-state index in [2.05, 4.69) is 18.9 Å². The van der Waals surface area contributed by atoms with Crippen molar-refractivity contribution in [2.75, 3.05) is 28.4 Å². The minimum atomic E-state index is -0.924. The van der Waals surface area contributed by atoms with Gasteiger partial charge in [-0.05, 0) is 12.1 Å². The highest BCUT2D eigenvalue weighted by atomic mass is 35.5. The lowest BCUT2D eigenvalue weighted by molar-refractivity contribution is -0.151. The highest BCUT2D eigenvalue weighted by Gasteiger charge is 2.24. The predicted molar refractivity (Wildman–Crippen MR) is 96.0 cm³/mol. The summed E-state index contributed by atoms with van der Waals surface area (Å²) in [5, 5.41) is 0. The number of hydrogen-bond donors (Lipinski definition) is 1. The van der Waals surface area contributed by atoms with Crippen LogP contribution >= 0.6 is 12.4 Å². The standard InChI is InChI=1S/C10H13NO4.C6H11NO4.ClH/c1-14-9(12)7-8(10(13)15-2)11-5-3-4-6-11;1-10-5(8)3-4(7)6(9)11-2;/h3-6,8H,7H2,1-2H3;4H,3,7H2,1-2H3;1H/t8-;4-;/m00./s1. The number of carbonyl (C=O) groups excluding carboxylic acids is 4. The van der Waals surface area contributed by atoms with Crippen molar-refractivity contribution < 1.29 is 38.1 Å². The third-order valence-electron chi connectivity index (χ3n) is 3.17. The van der Waals surface area contributed by atoms with Gasteiger partial charge in [-0.2, -0.15) is 0 Å². The molecule has 0 saturated heterocycles. The first-order valence-corrected chi connectivity index (χ1v) is 7.47. The minimum Gasteiger partial charge on any atom is -0.469 e. The summed E-state index contributed by atoms with van der Waals surface area (Å²) < 4.78 is 19.3. The summed E-state index contributed by atoms with van der Waals surface area (Å²) in [6.07, 6.45) is 3.22. The van der Waals surface area contributed by atoms with Gasteiger partial charge in [-0.25, -0.2) is 4.79 Å². The molecule has 1 heterocycles. The van der Waals surface area contributed by atoms with E-state index < -0.39 is 36.0 Å². The fourth-order valence-electron chi connectivity index (χ4n) is 1.74. The van der Waals surface area contributed by atoms with Crippen LogP contribution in [0.3, 0.4) is 0 Å². The van der Waals surface area contributed by atoms with Crippen molar-refractivity contribution in [2.24, 2.45) is 5.73 Å². The number of aromatic nitrogens is 1. The van der Waals surface area contributed by atoms with Crippen LogP contribution in [0.25, 0.3) is 0 Å². The Bertz CT molecular complexity index is 591. The lowest BCUT2D eigenvalue weighted by atomic mass is 10.2. The summed E-state index contributed by atoms with van der Waals surface area (Å²) in [5.41, 5.74) is 5.23. The van der Waals surface area contributed by atoms with Gasteiger partial charge in [-0.3, -0.25) is 14.4 Å². The SMILES string of the molecule is COC(=O)C[C@@H](C(=O)OC)n1cccc1.COC(=O)C[C@H](N)C(=O)OC.Cl. The first kappa shape index (κ1) is 26.6. The fraction of sp³-hybridized carbons (Fsp3) is 0.500. The molecule has 154 valence electrons. The molecule has 0 amide bonds. The van der Waals surface area contributed by atoms with Crippen molar-refractivity contribution >= 4 is 36.3 Å². The number of halogens is 1. The lowest BCUT2D eigenvalue weighted by Gasteiger charge is -2.14. The van der Waals surface area contributed by atoms with Gasteiger partial charge in [0.1, 0.15) is 12.1 Å². The van der Waals surface area contributed by atoms with Gasteiger partial charge in [0.15, 0.2) is 0 Å². The second kappa shape index (κ2) is 14.6. The lowest BCUT2D eigenvalue weighted by Crippen LogP contribution is -2.34. The molecule has 0 fully saturated rings. The molecule has 0 bridgehead atoms. The zero-order valence-corrected chi connectivity index (χ0v) is 16.4. The van der Waals surface area contributed by atoms with E-state index in [4.69, 9.17) is 5.73 Å². The molecule has 2 atom stereocenters. The van der Waals surface area contributed by atoms with E-state index in [1.54, 1.807) is 29.1 Å². The Morgan fingerprint density at radius 3 is 1.67 bits per heavy atom.